The Kier molecular flexibility index (Phi) is 4.74. The third-order valence-corrected chi connectivity index (χ3v) is 2.30. The maximum absolute atomic E-state index is 6.09. The zero-order valence-corrected chi connectivity index (χ0v) is 10.9. The normalized spacial score (nSPS) is 11.1. The van der Waals surface area contributed by atoms with Crippen molar-refractivity contribution in [3.8, 4) is 0 Å². The van der Waals surface area contributed by atoms with Gasteiger partial charge in [0.2, 0.25) is 5.96 Å². The molecule has 0 saturated heterocycles. The van der Waals surface area contributed by atoms with Crippen molar-refractivity contribution in [2.75, 3.05) is 0 Å². The van der Waals surface area contributed by atoms with Crippen molar-refractivity contribution in [3.05, 3.63) is 40.9 Å². The summed E-state index contributed by atoms with van der Waals surface area (Å²) in [6, 6.07) is 5.48. The zero-order chi connectivity index (χ0) is 13.7. The lowest BCUT2D eigenvalue weighted by atomic mass is 10.1. The molecule has 0 aliphatic carbocycles. The first-order valence-electron chi connectivity index (χ1n) is 5.25. The van der Waals surface area contributed by atoms with Gasteiger partial charge in [-0.05, 0) is 31.0 Å². The van der Waals surface area contributed by atoms with Crippen molar-refractivity contribution < 1.29 is 0 Å². The van der Waals surface area contributed by atoms with Crippen LogP contribution in [0.15, 0.2) is 40.3 Å². The number of guanidine groups is 2. The zero-order valence-electron chi connectivity index (χ0n) is 10.2. The number of allylic oxidation sites excluding steroid dienone is 1. The Balaban J connectivity index is 2.99. The van der Waals surface area contributed by atoms with Crippen molar-refractivity contribution >= 4 is 29.2 Å². The van der Waals surface area contributed by atoms with Crippen molar-refractivity contribution in [2.24, 2.45) is 27.2 Å². The Morgan fingerprint density at radius 3 is 2.50 bits per heavy atom. The van der Waals surface area contributed by atoms with E-state index >= 15 is 0 Å². The SMILES string of the molecule is C=C(C)Cc1ccc(N=C(N)N=C(N)N)c(Cl)c1. The summed E-state index contributed by atoms with van der Waals surface area (Å²) in [5.41, 5.74) is 18.5. The summed E-state index contributed by atoms with van der Waals surface area (Å²) in [4.78, 5) is 7.62. The molecular formula is C12H16ClN5. The van der Waals surface area contributed by atoms with Crippen LogP contribution in [0.4, 0.5) is 5.69 Å². The Labute approximate surface area is 111 Å². The molecule has 0 amide bonds. The smallest absolute Gasteiger partial charge is 0.223 e. The standard InChI is InChI=1S/C12H16ClN5/c1-7(2)5-8-3-4-10(9(13)6-8)17-12(16)18-11(14)15/h3-4,6H,1,5H2,2H3,(H6,14,15,16,17,18). The minimum atomic E-state index is -0.147. The lowest BCUT2D eigenvalue weighted by molar-refractivity contribution is 1.15. The maximum Gasteiger partial charge on any atom is 0.223 e. The highest BCUT2D eigenvalue weighted by Gasteiger charge is 2.02. The predicted octanol–water partition coefficient (Wildman–Crippen LogP) is 1.68. The molecule has 0 saturated carbocycles. The summed E-state index contributed by atoms with van der Waals surface area (Å²) in [7, 11) is 0. The Bertz CT molecular complexity index is 515. The van der Waals surface area contributed by atoms with Gasteiger partial charge in [-0.15, -0.1) is 0 Å². The van der Waals surface area contributed by atoms with Gasteiger partial charge in [0, 0.05) is 0 Å². The van der Waals surface area contributed by atoms with Gasteiger partial charge in [0.1, 0.15) is 0 Å². The first-order valence-corrected chi connectivity index (χ1v) is 5.63. The number of hydrogen-bond acceptors (Lipinski definition) is 1. The van der Waals surface area contributed by atoms with E-state index in [9.17, 15) is 0 Å². The molecule has 0 spiro atoms. The average Bonchev–Trinajstić information content (AvgIpc) is 2.20. The predicted molar refractivity (Wildman–Crippen MR) is 77.1 cm³/mol. The number of rotatable bonds is 3. The van der Waals surface area contributed by atoms with Crippen LogP contribution in [0.3, 0.4) is 0 Å². The van der Waals surface area contributed by atoms with Crippen LogP contribution in [0.1, 0.15) is 12.5 Å². The molecule has 0 heterocycles. The minimum absolute atomic E-state index is 0.0375. The molecule has 0 aliphatic rings. The second-order valence-electron chi connectivity index (χ2n) is 3.93. The molecule has 0 radical (unpaired) electrons. The molecule has 0 bridgehead atoms. The topological polar surface area (TPSA) is 103 Å². The lowest BCUT2D eigenvalue weighted by Crippen LogP contribution is -2.26. The van der Waals surface area contributed by atoms with Crippen LogP contribution in [-0.2, 0) is 6.42 Å². The summed E-state index contributed by atoms with van der Waals surface area (Å²) in [5.74, 6) is -0.184. The van der Waals surface area contributed by atoms with E-state index in [1.165, 1.54) is 0 Å². The van der Waals surface area contributed by atoms with E-state index in [-0.39, 0.29) is 11.9 Å². The van der Waals surface area contributed by atoms with Crippen molar-refractivity contribution in [2.45, 2.75) is 13.3 Å². The summed E-state index contributed by atoms with van der Waals surface area (Å²) in [6.07, 6.45) is 0.771. The quantitative estimate of drug-likeness (QED) is 0.440. The van der Waals surface area contributed by atoms with Gasteiger partial charge in [-0.3, -0.25) is 0 Å². The highest BCUT2D eigenvalue weighted by molar-refractivity contribution is 6.33. The summed E-state index contributed by atoms with van der Waals surface area (Å²) in [5, 5.41) is 0.488. The highest BCUT2D eigenvalue weighted by atomic mass is 35.5. The van der Waals surface area contributed by atoms with Crippen LogP contribution in [0.5, 0.6) is 0 Å². The number of nitrogens with two attached hydrogens (primary N) is 3. The van der Waals surface area contributed by atoms with Crippen LogP contribution in [-0.4, -0.2) is 11.9 Å². The molecule has 6 N–H and O–H groups in total. The van der Waals surface area contributed by atoms with Crippen molar-refractivity contribution in [1.29, 1.82) is 0 Å². The monoisotopic (exact) mass is 265 g/mol. The van der Waals surface area contributed by atoms with E-state index in [4.69, 9.17) is 28.8 Å². The van der Waals surface area contributed by atoms with E-state index in [1.807, 2.05) is 19.1 Å². The van der Waals surface area contributed by atoms with Crippen LogP contribution in [0.2, 0.25) is 5.02 Å². The maximum atomic E-state index is 6.09. The van der Waals surface area contributed by atoms with E-state index in [2.05, 4.69) is 16.6 Å². The van der Waals surface area contributed by atoms with E-state index < -0.39 is 0 Å². The van der Waals surface area contributed by atoms with Gasteiger partial charge in [-0.1, -0.05) is 29.8 Å². The molecule has 0 aromatic heterocycles. The van der Waals surface area contributed by atoms with E-state index in [1.54, 1.807) is 6.07 Å². The molecule has 18 heavy (non-hydrogen) atoms. The first-order chi connectivity index (χ1) is 8.38. The Hall–Kier alpha value is -2.01. The van der Waals surface area contributed by atoms with Crippen LogP contribution in [0, 0.1) is 0 Å². The highest BCUT2D eigenvalue weighted by Crippen LogP contribution is 2.26. The molecule has 1 aromatic rings. The van der Waals surface area contributed by atoms with Crippen LogP contribution in [0.25, 0.3) is 0 Å². The third kappa shape index (κ3) is 4.47. The fraction of sp³-hybridized carbons (Fsp3) is 0.167. The number of nitrogens with zero attached hydrogens (tertiary/aromatic N) is 2. The van der Waals surface area contributed by atoms with Gasteiger partial charge in [0.05, 0.1) is 10.7 Å². The van der Waals surface area contributed by atoms with Gasteiger partial charge in [-0.25, -0.2) is 4.99 Å². The first kappa shape index (κ1) is 14.1. The molecule has 0 atom stereocenters. The number of aliphatic imine (C=N–C) groups is 2. The molecule has 5 nitrogen and oxygen atoms in total. The van der Waals surface area contributed by atoms with Gasteiger partial charge < -0.3 is 17.2 Å². The molecule has 0 unspecified atom stereocenters. The van der Waals surface area contributed by atoms with Gasteiger partial charge in [0.15, 0.2) is 5.96 Å². The lowest BCUT2D eigenvalue weighted by Gasteiger charge is -2.04. The summed E-state index contributed by atoms with van der Waals surface area (Å²) >= 11 is 6.09. The molecule has 1 rings (SSSR count). The summed E-state index contributed by atoms with van der Waals surface area (Å²) < 4.78 is 0. The second-order valence-corrected chi connectivity index (χ2v) is 4.33. The Morgan fingerprint density at radius 2 is 2.00 bits per heavy atom. The fourth-order valence-corrected chi connectivity index (χ4v) is 1.63. The average molecular weight is 266 g/mol. The van der Waals surface area contributed by atoms with Crippen molar-refractivity contribution in [3.63, 3.8) is 0 Å². The van der Waals surface area contributed by atoms with Gasteiger partial charge in [-0.2, -0.15) is 4.99 Å². The minimum Gasteiger partial charge on any atom is -0.370 e. The van der Waals surface area contributed by atoms with Crippen LogP contribution < -0.4 is 17.2 Å². The molecule has 1 aromatic carbocycles. The fourth-order valence-electron chi connectivity index (χ4n) is 1.38. The molecular weight excluding hydrogens is 250 g/mol. The molecule has 0 fully saturated rings. The van der Waals surface area contributed by atoms with Gasteiger partial charge in [0.25, 0.3) is 0 Å². The number of benzene rings is 1. The molecule has 96 valence electrons. The number of halogens is 1. The third-order valence-electron chi connectivity index (χ3n) is 2.00. The largest absolute Gasteiger partial charge is 0.370 e. The number of hydrogen-bond donors (Lipinski definition) is 3. The molecule has 0 aliphatic heterocycles. The van der Waals surface area contributed by atoms with E-state index in [0.29, 0.717) is 10.7 Å². The van der Waals surface area contributed by atoms with Crippen LogP contribution >= 0.6 is 11.6 Å². The summed E-state index contributed by atoms with van der Waals surface area (Å²) in [6.45, 7) is 5.80. The second kappa shape index (κ2) is 6.07. The molecule has 6 heteroatoms. The van der Waals surface area contributed by atoms with Gasteiger partial charge >= 0.3 is 0 Å². The van der Waals surface area contributed by atoms with Crippen molar-refractivity contribution in [1.82, 2.24) is 0 Å². The Morgan fingerprint density at radius 1 is 1.33 bits per heavy atom. The van der Waals surface area contributed by atoms with E-state index in [0.717, 1.165) is 17.6 Å².